The number of halogens is 2. The molecule has 6 rings (SSSR count). The Morgan fingerprint density at radius 3 is 2.83 bits per heavy atom. The van der Waals surface area contributed by atoms with Crippen LogP contribution in [-0.4, -0.2) is 36.9 Å². The van der Waals surface area contributed by atoms with Crippen molar-refractivity contribution in [1.29, 1.82) is 0 Å². The molecule has 1 amide bonds. The Hall–Kier alpha value is -3.28. The van der Waals surface area contributed by atoms with Crippen LogP contribution in [0.1, 0.15) is 37.3 Å². The molecule has 216 valence electrons. The van der Waals surface area contributed by atoms with E-state index in [1.165, 1.54) is 18.1 Å². The minimum atomic E-state index is -1.11. The van der Waals surface area contributed by atoms with Gasteiger partial charge < -0.3 is 9.47 Å². The molecule has 0 N–H and O–H groups in total. The first kappa shape index (κ1) is 28.8. The van der Waals surface area contributed by atoms with Crippen molar-refractivity contribution in [2.24, 2.45) is 11.8 Å². The molecule has 2 unspecified atom stereocenters. The molecule has 2 saturated heterocycles. The molecule has 2 aromatic rings. The van der Waals surface area contributed by atoms with Crippen molar-refractivity contribution in [3.8, 4) is 11.8 Å². The normalized spacial score (nSPS) is 29.4. The number of carbonyl (C=O) groups is 1. The minimum Gasteiger partial charge on any atom is -0.372 e. The summed E-state index contributed by atoms with van der Waals surface area (Å²) < 4.78 is 29.7. The lowest BCUT2D eigenvalue weighted by Gasteiger charge is -2.42. The number of hydrogen-bond donors (Lipinski definition) is 0. The van der Waals surface area contributed by atoms with E-state index in [1.54, 1.807) is 12.1 Å². The second-order valence-corrected chi connectivity index (χ2v) is 11.9. The van der Waals surface area contributed by atoms with Gasteiger partial charge in [-0.1, -0.05) is 101 Å². The first-order valence-corrected chi connectivity index (χ1v) is 15.1. The highest BCUT2D eigenvalue weighted by Crippen LogP contribution is 2.51. The summed E-state index contributed by atoms with van der Waals surface area (Å²) in [5.41, 5.74) is 0.527. The Bertz CT molecular complexity index is 1520. The maximum Gasteiger partial charge on any atom is 0.243 e. The van der Waals surface area contributed by atoms with Crippen LogP contribution in [0.5, 0.6) is 0 Å². The molecule has 0 bridgehead atoms. The van der Waals surface area contributed by atoms with Gasteiger partial charge in [-0.05, 0) is 42.2 Å². The van der Waals surface area contributed by atoms with Crippen LogP contribution in [0.15, 0.2) is 101 Å². The van der Waals surface area contributed by atoms with Crippen molar-refractivity contribution in [2.45, 2.75) is 43.4 Å². The van der Waals surface area contributed by atoms with Crippen molar-refractivity contribution in [3.63, 3.8) is 0 Å². The van der Waals surface area contributed by atoms with Gasteiger partial charge in [0.2, 0.25) is 5.91 Å². The van der Waals surface area contributed by atoms with Crippen molar-refractivity contribution in [3.05, 3.63) is 118 Å². The fourth-order valence-corrected chi connectivity index (χ4v) is 7.08. The van der Waals surface area contributed by atoms with Gasteiger partial charge in [0.15, 0.2) is 0 Å². The lowest BCUT2D eigenvalue weighted by molar-refractivity contribution is -0.194. The van der Waals surface area contributed by atoms with Gasteiger partial charge in [0.05, 0.1) is 31.8 Å². The third-order valence-corrected chi connectivity index (χ3v) is 9.13. The van der Waals surface area contributed by atoms with Gasteiger partial charge in [-0.3, -0.25) is 9.63 Å². The number of fused-ring (bicyclic) bond motifs is 1. The average molecular weight is 631 g/mol. The molecule has 5 nitrogen and oxygen atoms in total. The Morgan fingerprint density at radius 2 is 2.05 bits per heavy atom. The molecular weight excluding hydrogens is 597 g/mol. The zero-order chi connectivity index (χ0) is 29.2. The van der Waals surface area contributed by atoms with Crippen molar-refractivity contribution < 1.29 is 23.5 Å². The highest BCUT2D eigenvalue weighted by atomic mass is 79.9. The number of ether oxygens (including phenoxy) is 2. The van der Waals surface area contributed by atoms with Gasteiger partial charge in [0.1, 0.15) is 17.0 Å². The molecule has 2 heterocycles. The molecule has 0 spiro atoms. The van der Waals surface area contributed by atoms with Crippen molar-refractivity contribution in [2.75, 3.05) is 19.8 Å². The van der Waals surface area contributed by atoms with Crippen LogP contribution in [0, 0.1) is 29.5 Å². The largest absolute Gasteiger partial charge is 0.372 e. The summed E-state index contributed by atoms with van der Waals surface area (Å²) >= 11 is 3.48. The Labute approximate surface area is 254 Å². The summed E-state index contributed by atoms with van der Waals surface area (Å²) in [4.78, 5) is 18.7. The van der Waals surface area contributed by atoms with Crippen LogP contribution in [0.3, 0.4) is 0 Å². The number of benzene rings is 2. The number of hydroxylamine groups is 2. The van der Waals surface area contributed by atoms with Crippen molar-refractivity contribution in [1.82, 2.24) is 5.06 Å². The fraction of sp³-hybridized carbons (Fsp3) is 0.343. The Morgan fingerprint density at radius 1 is 1.19 bits per heavy atom. The number of hydrogen-bond acceptors (Lipinski definition) is 4. The lowest BCUT2D eigenvalue weighted by atomic mass is 9.72. The molecule has 2 aliphatic carbocycles. The van der Waals surface area contributed by atoms with E-state index in [9.17, 15) is 4.79 Å². The summed E-state index contributed by atoms with van der Waals surface area (Å²) in [5, 5.41) is 1.30. The van der Waals surface area contributed by atoms with Crippen LogP contribution >= 0.6 is 15.9 Å². The maximum atomic E-state index is 15.4. The van der Waals surface area contributed by atoms with E-state index in [0.717, 1.165) is 24.0 Å². The second kappa shape index (κ2) is 12.1. The van der Waals surface area contributed by atoms with E-state index < -0.39 is 23.1 Å². The summed E-state index contributed by atoms with van der Waals surface area (Å²) in [6, 6.07) is 15.0. The molecule has 0 saturated carbocycles. The van der Waals surface area contributed by atoms with Crippen molar-refractivity contribution >= 4 is 21.8 Å². The molecule has 7 heteroatoms. The van der Waals surface area contributed by atoms with Crippen LogP contribution in [0.25, 0.3) is 0 Å². The SMILES string of the molecule is CC(=O)N1OC[C@@H]2[C@@H](COC(C3=CC=CCC3)(c3ccccc3)C3C#CC/C=C\C=C/3)OC[C@@]21c1cc(Br)ccc1F. The minimum absolute atomic E-state index is 0.0936. The Kier molecular flexibility index (Phi) is 8.33. The highest BCUT2D eigenvalue weighted by molar-refractivity contribution is 9.10. The number of rotatable bonds is 7. The van der Waals surface area contributed by atoms with E-state index in [4.69, 9.17) is 14.3 Å². The van der Waals surface area contributed by atoms with E-state index in [1.807, 2.05) is 36.4 Å². The predicted octanol–water partition coefficient (Wildman–Crippen LogP) is 6.92. The molecule has 0 aromatic heterocycles. The molecule has 42 heavy (non-hydrogen) atoms. The first-order valence-electron chi connectivity index (χ1n) is 14.3. The number of nitrogens with zero attached hydrogens (tertiary/aromatic N) is 1. The Balaban J connectivity index is 1.41. The topological polar surface area (TPSA) is 48.0 Å². The zero-order valence-electron chi connectivity index (χ0n) is 23.5. The van der Waals surface area contributed by atoms with Gasteiger partial charge in [-0.15, -0.1) is 0 Å². The molecule has 2 aromatic carbocycles. The van der Waals surface area contributed by atoms with E-state index in [-0.39, 0.29) is 37.6 Å². The number of amides is 1. The average Bonchev–Trinajstić information content (AvgIpc) is 3.55. The third-order valence-electron chi connectivity index (χ3n) is 8.64. The summed E-state index contributed by atoms with van der Waals surface area (Å²) in [6.07, 6.45) is 16.6. The van der Waals surface area contributed by atoms with Crippen LogP contribution in [0.4, 0.5) is 4.39 Å². The molecule has 4 aliphatic rings. The number of carbonyl (C=O) groups excluding carboxylic acids is 1. The van der Waals surface area contributed by atoms with Gasteiger partial charge >= 0.3 is 0 Å². The van der Waals surface area contributed by atoms with E-state index >= 15 is 4.39 Å². The molecule has 5 atom stereocenters. The molecule has 2 aliphatic heterocycles. The highest BCUT2D eigenvalue weighted by Gasteiger charge is 2.62. The van der Waals surface area contributed by atoms with Crippen LogP contribution in [-0.2, 0) is 30.2 Å². The quantitative estimate of drug-likeness (QED) is 0.312. The monoisotopic (exact) mass is 629 g/mol. The van der Waals surface area contributed by atoms with Crippen LogP contribution < -0.4 is 0 Å². The van der Waals surface area contributed by atoms with E-state index in [2.05, 4.69) is 64.2 Å². The lowest BCUT2D eigenvalue weighted by Crippen LogP contribution is -2.49. The third kappa shape index (κ3) is 5.01. The van der Waals surface area contributed by atoms with Gasteiger partial charge in [0.25, 0.3) is 0 Å². The summed E-state index contributed by atoms with van der Waals surface area (Å²) in [7, 11) is 0. The van der Waals surface area contributed by atoms with Gasteiger partial charge in [-0.25, -0.2) is 9.45 Å². The summed E-state index contributed by atoms with van der Waals surface area (Å²) in [5.74, 6) is 5.50. The molecular formula is C35H33BrFNO4. The predicted molar refractivity (Wildman–Crippen MR) is 162 cm³/mol. The molecule has 0 radical (unpaired) electrons. The van der Waals surface area contributed by atoms with Gasteiger partial charge in [-0.2, -0.15) is 0 Å². The first-order chi connectivity index (χ1) is 20.5. The zero-order valence-corrected chi connectivity index (χ0v) is 25.1. The van der Waals surface area contributed by atoms with Crippen LogP contribution in [0.2, 0.25) is 0 Å². The smallest absolute Gasteiger partial charge is 0.243 e. The summed E-state index contributed by atoms with van der Waals surface area (Å²) in [6.45, 7) is 1.93. The second-order valence-electron chi connectivity index (χ2n) is 11.0. The van der Waals surface area contributed by atoms with E-state index in [0.29, 0.717) is 16.5 Å². The van der Waals surface area contributed by atoms with Gasteiger partial charge in [0, 0.05) is 29.3 Å². The molecule has 2 fully saturated rings. The standard InChI is InChI=1S/C35H33BrFNO4/c1-25(39)38-34(30-21-29(36)19-20-32(30)37)24-40-33(31(34)22-42-38)23-41-35(27-15-9-5-10-16-27,28-17-11-6-12-18-28)26-13-7-3-2-4-8-14-26/h2-3,5-7,9-11,13,15-17,19-21,26,31,33H,4,12,18,22-24H2,1H3/b3-2-,13-7-/t26?,31-,33-,34-,35?/m1/s1. The number of allylic oxidation sites excluding steroid dienone is 6. The fourth-order valence-electron chi connectivity index (χ4n) is 6.72. The maximum absolute atomic E-state index is 15.4.